The molecule has 4 amide bonds. The predicted molar refractivity (Wildman–Crippen MR) is 219 cm³/mol. The van der Waals surface area contributed by atoms with E-state index in [-0.39, 0.29) is 76.0 Å². The number of likely N-dealkylation sites (N-methyl/N-ethyl adjacent to an activating group) is 2. The minimum absolute atomic E-state index is 0.00261. The number of carbonyl (C=O) groups is 4. The summed E-state index contributed by atoms with van der Waals surface area (Å²) in [6.07, 6.45) is 4.91. The highest BCUT2D eigenvalue weighted by Crippen LogP contribution is 2.30. The molecule has 2 rings (SSSR count). The molecule has 1 aliphatic rings. The zero-order valence-electron chi connectivity index (χ0n) is 35.2. The van der Waals surface area contributed by atoms with E-state index >= 15 is 0 Å². The minimum Gasteiger partial charge on any atom is -0.379 e. The molecule has 1 aromatic carbocycles. The zero-order chi connectivity index (χ0) is 40.0. The van der Waals surface area contributed by atoms with Crippen molar-refractivity contribution in [3.8, 4) is 0 Å². The molecule has 0 radical (unpaired) electrons. The predicted octanol–water partition coefficient (Wildman–Crippen LogP) is 6.37. The van der Waals surface area contributed by atoms with Crippen molar-refractivity contribution in [1.82, 2.24) is 25.3 Å². The minimum atomic E-state index is -0.714. The van der Waals surface area contributed by atoms with Crippen molar-refractivity contribution in [1.29, 1.82) is 0 Å². The fourth-order valence-corrected chi connectivity index (χ4v) is 9.03. The molecule has 7 unspecified atom stereocenters. The Morgan fingerprint density at radius 1 is 0.981 bits per heavy atom. The molecule has 0 spiro atoms. The number of thioether (sulfide) groups is 1. The number of nitrogens with zero attached hydrogens (tertiary/aromatic N) is 3. The molecule has 53 heavy (non-hydrogen) atoms. The van der Waals surface area contributed by atoms with E-state index in [0.717, 1.165) is 32.1 Å². The monoisotopic (exact) mass is 760 g/mol. The van der Waals surface area contributed by atoms with Gasteiger partial charge in [0.25, 0.3) is 0 Å². The molecular weight excluding hydrogens is 687 g/mol. The molecule has 1 fully saturated rings. The lowest BCUT2D eigenvalue weighted by Gasteiger charge is -2.40. The lowest BCUT2D eigenvalue weighted by Crippen LogP contribution is -2.59. The van der Waals surface area contributed by atoms with E-state index in [1.54, 1.807) is 30.8 Å². The van der Waals surface area contributed by atoms with Crippen molar-refractivity contribution in [3.63, 3.8) is 0 Å². The van der Waals surface area contributed by atoms with Crippen LogP contribution >= 0.6 is 11.8 Å². The zero-order valence-corrected chi connectivity index (χ0v) is 36.1. The van der Waals surface area contributed by atoms with Crippen LogP contribution in [0.2, 0.25) is 0 Å². The molecule has 10 nitrogen and oxygen atoms in total. The molecular formula is C42H73N5O5S. The molecule has 0 bridgehead atoms. The van der Waals surface area contributed by atoms with Crippen LogP contribution in [0.4, 0.5) is 0 Å². The normalized spacial score (nSPS) is 18.4. The topological polar surface area (TPSA) is 111 Å². The first-order valence-corrected chi connectivity index (χ1v) is 20.8. The molecule has 1 aromatic rings. The highest BCUT2D eigenvalue weighted by atomic mass is 32.2. The summed E-state index contributed by atoms with van der Waals surface area (Å²) in [5, 5.41) is 6.31. The van der Waals surface area contributed by atoms with Crippen LogP contribution in [-0.2, 0) is 30.3 Å². The van der Waals surface area contributed by atoms with Crippen LogP contribution in [0.3, 0.4) is 0 Å². The van der Waals surface area contributed by atoms with Crippen LogP contribution in [0, 0.1) is 17.8 Å². The number of nitrogens with one attached hydrogen (secondary N) is 2. The first-order chi connectivity index (χ1) is 24.8. The number of rotatable bonds is 21. The quantitative estimate of drug-likeness (QED) is 0.140. The van der Waals surface area contributed by atoms with Gasteiger partial charge in [0.2, 0.25) is 23.6 Å². The van der Waals surface area contributed by atoms with Gasteiger partial charge in [-0.05, 0) is 63.1 Å². The fraction of sp³-hybridized carbons (Fsp3) is 0.762. The van der Waals surface area contributed by atoms with Crippen molar-refractivity contribution in [3.05, 3.63) is 35.9 Å². The van der Waals surface area contributed by atoms with Crippen LogP contribution in [0.25, 0.3) is 0 Å². The van der Waals surface area contributed by atoms with Gasteiger partial charge in [-0.15, -0.1) is 11.8 Å². The van der Waals surface area contributed by atoms with E-state index < -0.39 is 12.1 Å². The van der Waals surface area contributed by atoms with Gasteiger partial charge in [0, 0.05) is 44.3 Å². The second-order valence-electron chi connectivity index (χ2n) is 16.9. The number of likely N-dealkylation sites (tertiary alicyclic amines) is 1. The maximum Gasteiger partial charge on any atom is 0.245 e. The van der Waals surface area contributed by atoms with E-state index in [0.29, 0.717) is 19.4 Å². The summed E-state index contributed by atoms with van der Waals surface area (Å²) in [5.41, 5.74) is 1.20. The van der Waals surface area contributed by atoms with Crippen molar-refractivity contribution >= 4 is 35.4 Å². The first-order valence-electron chi connectivity index (χ1n) is 19.9. The molecule has 2 N–H and O–H groups in total. The number of carbonyl (C=O) groups excluding carboxylic acids is 4. The first kappa shape index (κ1) is 46.5. The summed E-state index contributed by atoms with van der Waals surface area (Å²) in [7, 11) is 7.14. The highest BCUT2D eigenvalue weighted by molar-refractivity contribution is 8.01. The van der Waals surface area contributed by atoms with Crippen LogP contribution in [0.5, 0.6) is 0 Å². The summed E-state index contributed by atoms with van der Waals surface area (Å²) in [4.78, 5) is 60.3. The maximum absolute atomic E-state index is 14.2. The second kappa shape index (κ2) is 22.1. The van der Waals surface area contributed by atoms with E-state index in [4.69, 9.17) is 4.74 Å². The lowest BCUT2D eigenvalue weighted by molar-refractivity contribution is -0.146. The number of ether oxygens (including phenoxy) is 1. The molecule has 0 saturated carbocycles. The molecule has 302 valence electrons. The lowest BCUT2D eigenvalue weighted by atomic mass is 9.89. The summed E-state index contributed by atoms with van der Waals surface area (Å²) in [5.74, 6) is -0.310. The number of hydrogen-bond acceptors (Lipinski definition) is 7. The Morgan fingerprint density at radius 2 is 1.62 bits per heavy atom. The average Bonchev–Trinajstić information content (AvgIpc) is 3.54. The molecule has 11 heteroatoms. The molecule has 7 atom stereocenters. The number of methoxy groups -OCH3 is 1. The largest absolute Gasteiger partial charge is 0.379 e. The third-order valence-corrected chi connectivity index (χ3v) is 11.8. The van der Waals surface area contributed by atoms with Gasteiger partial charge < -0.3 is 25.2 Å². The van der Waals surface area contributed by atoms with Crippen LogP contribution in [-0.4, -0.2) is 114 Å². The number of hydrogen-bond donors (Lipinski definition) is 2. The Balaban J connectivity index is 2.10. The maximum atomic E-state index is 14.2. The average molecular weight is 760 g/mol. The third kappa shape index (κ3) is 14.9. The van der Waals surface area contributed by atoms with Gasteiger partial charge in [0.05, 0.1) is 30.0 Å². The van der Waals surface area contributed by atoms with E-state index in [1.165, 1.54) is 5.56 Å². The Hall–Kier alpha value is -2.63. The van der Waals surface area contributed by atoms with Gasteiger partial charge in [-0.3, -0.25) is 24.1 Å². The number of benzene rings is 1. The van der Waals surface area contributed by atoms with Crippen molar-refractivity contribution in [2.24, 2.45) is 17.8 Å². The Bertz CT molecular complexity index is 1280. The number of amides is 4. The molecule has 0 aromatic heterocycles. The van der Waals surface area contributed by atoms with Gasteiger partial charge in [-0.2, -0.15) is 0 Å². The van der Waals surface area contributed by atoms with Crippen LogP contribution in [0.1, 0.15) is 113 Å². The Kier molecular flexibility index (Phi) is 19.4. The van der Waals surface area contributed by atoms with E-state index in [2.05, 4.69) is 57.4 Å². The smallest absolute Gasteiger partial charge is 0.245 e. The Morgan fingerprint density at radius 3 is 2.15 bits per heavy atom. The van der Waals surface area contributed by atoms with Crippen molar-refractivity contribution in [2.45, 2.75) is 154 Å². The molecule has 0 aliphatic carbocycles. The summed E-state index contributed by atoms with van der Waals surface area (Å²) in [6.45, 7) is 19.2. The van der Waals surface area contributed by atoms with Crippen LogP contribution in [0.15, 0.2) is 30.3 Å². The molecule has 1 aliphatic heterocycles. The van der Waals surface area contributed by atoms with Gasteiger partial charge in [0.15, 0.2) is 0 Å². The Labute approximate surface area is 326 Å². The van der Waals surface area contributed by atoms with Gasteiger partial charge in [-0.1, -0.05) is 99.1 Å². The summed E-state index contributed by atoms with van der Waals surface area (Å²) >= 11 is 1.77. The fourth-order valence-electron chi connectivity index (χ4n) is 7.72. The summed E-state index contributed by atoms with van der Waals surface area (Å²) < 4.78 is 6.03. The highest BCUT2D eigenvalue weighted by Gasteiger charge is 2.40. The molecule has 1 heterocycles. The molecule has 1 saturated heterocycles. The van der Waals surface area contributed by atoms with Gasteiger partial charge in [0.1, 0.15) is 6.04 Å². The van der Waals surface area contributed by atoms with Crippen molar-refractivity contribution < 1.29 is 23.9 Å². The third-order valence-electron chi connectivity index (χ3n) is 10.5. The van der Waals surface area contributed by atoms with Crippen molar-refractivity contribution in [2.75, 3.05) is 34.8 Å². The summed E-state index contributed by atoms with van der Waals surface area (Å²) in [6, 6.07) is 8.89. The standard InChI is InChI=1S/C42H73N5O5S/c1-14-30(6)39(46(12)41(51)37(28(2)3)44-40(50)38(29(4)5)45(10)11)33(52-13)27-36(49)47-25-19-23-32(47)22-18-24-34(48)43-35(53-42(7,8)9)26-31-20-16-15-17-21-31/h15-17,20-21,28-30,32-33,35,37-39H,14,18-19,22-27H2,1-13H3,(H,43,48)(H,44,50). The van der Waals surface area contributed by atoms with Gasteiger partial charge >= 0.3 is 0 Å². The van der Waals surface area contributed by atoms with Gasteiger partial charge in [-0.25, -0.2) is 0 Å². The SMILES string of the molecule is CCC(C)C(C(CC(=O)N1CCCC1CCCC(=O)NC(Cc1ccccc1)SC(C)(C)C)OC)N(C)C(=O)C(NC(=O)C(C(C)C)N(C)C)C(C)C. The van der Waals surface area contributed by atoms with E-state index in [9.17, 15) is 19.2 Å². The second-order valence-corrected chi connectivity index (χ2v) is 19.0. The van der Waals surface area contributed by atoms with Crippen LogP contribution < -0.4 is 10.6 Å². The van der Waals surface area contributed by atoms with E-state index in [1.807, 2.05) is 69.8 Å².